The van der Waals surface area contributed by atoms with E-state index in [1.165, 1.54) is 6.08 Å². The maximum absolute atomic E-state index is 11.8. The van der Waals surface area contributed by atoms with Gasteiger partial charge in [0.1, 0.15) is 5.57 Å². The first kappa shape index (κ1) is 16.6. The van der Waals surface area contributed by atoms with E-state index in [1.54, 1.807) is 0 Å². The topological polar surface area (TPSA) is 85.2 Å². The highest BCUT2D eigenvalue weighted by atomic mass is 32.1. The number of hydrogen-bond acceptors (Lipinski definition) is 5. The Hall–Kier alpha value is -2.72. The van der Waals surface area contributed by atoms with Crippen molar-refractivity contribution in [1.29, 1.82) is 5.26 Å². The number of benzene rings is 1. The third kappa shape index (κ3) is 4.14. The fourth-order valence-corrected chi connectivity index (χ4v) is 2.39. The molecule has 6 nitrogen and oxygen atoms in total. The zero-order valence-corrected chi connectivity index (χ0v) is 13.4. The van der Waals surface area contributed by atoms with Gasteiger partial charge in [-0.3, -0.25) is 20.2 Å². The number of hydrogen-bond donors (Lipinski definition) is 2. The molecule has 1 aromatic rings. The van der Waals surface area contributed by atoms with Crippen LogP contribution in [0.1, 0.15) is 18.9 Å². The lowest BCUT2D eigenvalue weighted by atomic mass is 10.1. The fourth-order valence-electron chi connectivity index (χ4n) is 2.21. The van der Waals surface area contributed by atoms with Crippen molar-refractivity contribution < 1.29 is 9.59 Å². The Morgan fingerprint density at radius 2 is 1.83 bits per heavy atom. The molecule has 0 bridgehead atoms. The van der Waals surface area contributed by atoms with E-state index in [1.807, 2.05) is 31.2 Å². The minimum Gasteiger partial charge on any atom is -0.371 e. The smallest absolute Gasteiger partial charge is 0.263 e. The summed E-state index contributed by atoms with van der Waals surface area (Å²) in [6, 6.07) is 9.58. The van der Waals surface area contributed by atoms with E-state index in [4.69, 9.17) is 17.5 Å². The first-order valence-corrected chi connectivity index (χ1v) is 7.56. The number of nitrogens with one attached hydrogen (secondary N) is 2. The summed E-state index contributed by atoms with van der Waals surface area (Å²) >= 11 is 4.75. The van der Waals surface area contributed by atoms with E-state index in [0.717, 1.165) is 17.8 Å². The Kier molecular flexibility index (Phi) is 5.44. The van der Waals surface area contributed by atoms with Crippen LogP contribution in [-0.4, -0.2) is 30.0 Å². The highest BCUT2D eigenvalue weighted by Crippen LogP contribution is 2.17. The van der Waals surface area contributed by atoms with E-state index >= 15 is 0 Å². The van der Waals surface area contributed by atoms with E-state index < -0.39 is 11.8 Å². The molecular formula is C16H16N4O2S. The zero-order valence-electron chi connectivity index (χ0n) is 12.6. The zero-order chi connectivity index (χ0) is 16.8. The molecule has 2 amide bonds. The molecule has 2 N–H and O–H groups in total. The lowest BCUT2D eigenvalue weighted by Crippen LogP contribution is -2.51. The third-order valence-corrected chi connectivity index (χ3v) is 3.59. The van der Waals surface area contributed by atoms with Gasteiger partial charge in [-0.25, -0.2) is 0 Å². The van der Waals surface area contributed by atoms with Crippen LogP contribution >= 0.6 is 12.2 Å². The van der Waals surface area contributed by atoms with Gasteiger partial charge < -0.3 is 4.90 Å². The standard InChI is InChI=1S/C16H16N4O2S/c1-2-20(9-3-8-17)12-6-4-11(5-7-12)10-13-14(21)18-16(23)19-15(13)22/h4-7,10H,2-3,9H2,1H3,(H2,18,19,21,22,23). The molecule has 0 radical (unpaired) electrons. The van der Waals surface area contributed by atoms with Crippen molar-refractivity contribution in [3.05, 3.63) is 35.4 Å². The molecule has 0 saturated carbocycles. The highest BCUT2D eigenvalue weighted by Gasteiger charge is 2.25. The molecular weight excluding hydrogens is 312 g/mol. The largest absolute Gasteiger partial charge is 0.371 e. The van der Waals surface area contributed by atoms with Crippen LogP contribution in [0.15, 0.2) is 29.8 Å². The summed E-state index contributed by atoms with van der Waals surface area (Å²) in [6.07, 6.45) is 1.97. The first-order chi connectivity index (χ1) is 11.0. The predicted octanol–water partition coefficient (Wildman–Crippen LogP) is 1.34. The Bertz CT molecular complexity index is 682. The minimum absolute atomic E-state index is 0.0168. The SMILES string of the molecule is CCN(CCC#N)c1ccc(C=C2C(=O)NC(=S)NC2=O)cc1. The van der Waals surface area contributed by atoms with Gasteiger partial charge in [-0.2, -0.15) is 5.26 Å². The summed E-state index contributed by atoms with van der Waals surface area (Å²) in [4.78, 5) is 25.7. The van der Waals surface area contributed by atoms with Gasteiger partial charge in [-0.1, -0.05) is 12.1 Å². The summed E-state index contributed by atoms with van der Waals surface area (Å²) in [5.74, 6) is -1.01. The maximum Gasteiger partial charge on any atom is 0.263 e. The number of carbonyl (C=O) groups is 2. The molecule has 1 fully saturated rings. The van der Waals surface area contributed by atoms with Crippen LogP contribution in [0.3, 0.4) is 0 Å². The average Bonchev–Trinajstić information content (AvgIpc) is 2.53. The number of amides is 2. The number of rotatable bonds is 5. The normalized spacial score (nSPS) is 13.9. The molecule has 118 valence electrons. The quantitative estimate of drug-likeness (QED) is 0.484. The number of carbonyl (C=O) groups excluding carboxylic acids is 2. The Morgan fingerprint density at radius 1 is 1.22 bits per heavy atom. The van der Waals surface area contributed by atoms with E-state index in [9.17, 15) is 9.59 Å². The molecule has 0 unspecified atom stereocenters. The lowest BCUT2D eigenvalue weighted by molar-refractivity contribution is -0.123. The minimum atomic E-state index is -0.507. The van der Waals surface area contributed by atoms with Gasteiger partial charge in [0.05, 0.1) is 12.5 Å². The molecule has 1 aliphatic rings. The number of thiocarbonyl (C=S) groups is 1. The van der Waals surface area contributed by atoms with Gasteiger partial charge in [0.25, 0.3) is 11.8 Å². The molecule has 0 atom stereocenters. The molecule has 0 spiro atoms. The molecule has 0 aromatic heterocycles. The van der Waals surface area contributed by atoms with Crippen molar-refractivity contribution in [2.45, 2.75) is 13.3 Å². The van der Waals surface area contributed by atoms with Crippen LogP contribution in [0, 0.1) is 11.3 Å². The Balaban J connectivity index is 2.18. The van der Waals surface area contributed by atoms with Crippen molar-refractivity contribution in [2.24, 2.45) is 0 Å². The van der Waals surface area contributed by atoms with Gasteiger partial charge >= 0.3 is 0 Å². The first-order valence-electron chi connectivity index (χ1n) is 7.15. The average molecular weight is 328 g/mol. The van der Waals surface area contributed by atoms with Gasteiger partial charge in [0.2, 0.25) is 0 Å². The molecule has 1 aliphatic heterocycles. The summed E-state index contributed by atoms with van der Waals surface area (Å²) in [5.41, 5.74) is 1.74. The van der Waals surface area contributed by atoms with Crippen LogP contribution in [0.25, 0.3) is 6.08 Å². The van der Waals surface area contributed by atoms with Crippen molar-refractivity contribution in [3.8, 4) is 6.07 Å². The summed E-state index contributed by atoms with van der Waals surface area (Å²) in [7, 11) is 0. The van der Waals surface area contributed by atoms with Crippen LogP contribution in [-0.2, 0) is 9.59 Å². The second-order valence-electron chi connectivity index (χ2n) is 4.87. The number of anilines is 1. The third-order valence-electron chi connectivity index (χ3n) is 3.39. The van der Waals surface area contributed by atoms with Crippen LogP contribution in [0.2, 0.25) is 0 Å². The van der Waals surface area contributed by atoms with Gasteiger partial charge in [-0.15, -0.1) is 0 Å². The van der Waals surface area contributed by atoms with E-state index in [-0.39, 0.29) is 10.7 Å². The van der Waals surface area contributed by atoms with Crippen LogP contribution < -0.4 is 15.5 Å². The Morgan fingerprint density at radius 3 is 2.35 bits per heavy atom. The fraction of sp³-hybridized carbons (Fsp3) is 0.250. The lowest BCUT2D eigenvalue weighted by Gasteiger charge is -2.22. The van der Waals surface area contributed by atoms with E-state index in [2.05, 4.69) is 21.6 Å². The summed E-state index contributed by atoms with van der Waals surface area (Å²) in [6.45, 7) is 3.48. The Labute approximate surface area is 139 Å². The van der Waals surface area contributed by atoms with Gasteiger partial charge in [0.15, 0.2) is 5.11 Å². The van der Waals surface area contributed by atoms with Gasteiger partial charge in [-0.05, 0) is 42.9 Å². The van der Waals surface area contributed by atoms with Gasteiger partial charge in [0, 0.05) is 18.8 Å². The highest BCUT2D eigenvalue weighted by molar-refractivity contribution is 7.80. The molecule has 2 rings (SSSR count). The van der Waals surface area contributed by atoms with Crippen molar-refractivity contribution in [1.82, 2.24) is 10.6 Å². The second kappa shape index (κ2) is 7.51. The molecule has 7 heteroatoms. The molecule has 1 heterocycles. The summed E-state index contributed by atoms with van der Waals surface area (Å²) in [5, 5.41) is 13.5. The number of nitriles is 1. The molecule has 1 aromatic carbocycles. The maximum atomic E-state index is 11.8. The van der Waals surface area contributed by atoms with Crippen molar-refractivity contribution >= 4 is 40.9 Å². The monoisotopic (exact) mass is 328 g/mol. The molecule has 1 saturated heterocycles. The van der Waals surface area contributed by atoms with Crippen molar-refractivity contribution in [2.75, 3.05) is 18.0 Å². The van der Waals surface area contributed by atoms with Crippen LogP contribution in [0.4, 0.5) is 5.69 Å². The second-order valence-corrected chi connectivity index (χ2v) is 5.28. The molecule has 23 heavy (non-hydrogen) atoms. The molecule has 0 aliphatic carbocycles. The summed E-state index contributed by atoms with van der Waals surface area (Å²) < 4.78 is 0. The number of nitrogens with zero attached hydrogens (tertiary/aromatic N) is 2. The van der Waals surface area contributed by atoms with E-state index in [0.29, 0.717) is 13.0 Å². The van der Waals surface area contributed by atoms with Crippen LogP contribution in [0.5, 0.6) is 0 Å². The van der Waals surface area contributed by atoms with Crippen molar-refractivity contribution in [3.63, 3.8) is 0 Å². The predicted molar refractivity (Wildman–Crippen MR) is 91.4 cm³/mol.